The largest absolute Gasteiger partial charge is 0.497 e. The lowest BCUT2D eigenvalue weighted by molar-refractivity contribution is 0.415. The second-order valence-electron chi connectivity index (χ2n) is 2.74. The zero-order valence-electron chi connectivity index (χ0n) is 7.78. The molecule has 0 atom stereocenters. The molecular formula is C9H8Cl2N2O2. The monoisotopic (exact) mass is 246 g/mol. The molecule has 0 unspecified atom stereocenters. The lowest BCUT2D eigenvalue weighted by Gasteiger charge is -2.02. The summed E-state index contributed by atoms with van der Waals surface area (Å²) in [5.41, 5.74) is 0.104. The van der Waals surface area contributed by atoms with Gasteiger partial charge in [0, 0.05) is 5.39 Å². The van der Waals surface area contributed by atoms with Gasteiger partial charge in [-0.25, -0.2) is 4.79 Å². The Morgan fingerprint density at radius 1 is 1.47 bits per heavy atom. The summed E-state index contributed by atoms with van der Waals surface area (Å²) in [6.45, 7) is 0. The average Bonchev–Trinajstić information content (AvgIpc) is 2.17. The highest BCUT2D eigenvalue weighted by atomic mass is 35.5. The number of fused-ring (bicyclic) bond motifs is 1. The number of ether oxygens (including phenoxy) is 1. The van der Waals surface area contributed by atoms with E-state index in [1.165, 1.54) is 0 Å². The highest BCUT2D eigenvalue weighted by Crippen LogP contribution is 2.22. The second-order valence-corrected chi connectivity index (χ2v) is 3.12. The Bertz CT molecular complexity index is 539. The number of benzene rings is 1. The maximum Gasteiger partial charge on any atom is 0.346 e. The van der Waals surface area contributed by atoms with Crippen LogP contribution in [0.4, 0.5) is 0 Å². The van der Waals surface area contributed by atoms with Crippen LogP contribution in [0.15, 0.2) is 23.0 Å². The van der Waals surface area contributed by atoms with Crippen LogP contribution in [0.3, 0.4) is 0 Å². The summed E-state index contributed by atoms with van der Waals surface area (Å²) in [6.07, 6.45) is 0. The minimum atomic E-state index is -0.451. The summed E-state index contributed by atoms with van der Waals surface area (Å²) in [5.74, 6) is 0.674. The molecule has 0 aliphatic carbocycles. The minimum Gasteiger partial charge on any atom is -0.497 e. The van der Waals surface area contributed by atoms with Gasteiger partial charge in [-0.1, -0.05) is 11.6 Å². The SMILES string of the molecule is COc1ccc2nc(=O)[nH]c(Cl)c2c1.Cl. The van der Waals surface area contributed by atoms with Crippen LogP contribution in [0, 0.1) is 0 Å². The van der Waals surface area contributed by atoms with E-state index in [2.05, 4.69) is 9.97 Å². The molecule has 0 spiro atoms. The highest BCUT2D eigenvalue weighted by molar-refractivity contribution is 6.34. The molecule has 0 amide bonds. The Kier molecular flexibility index (Phi) is 3.55. The number of nitrogens with zero attached hydrogens (tertiary/aromatic N) is 1. The van der Waals surface area contributed by atoms with E-state index in [0.717, 1.165) is 0 Å². The van der Waals surface area contributed by atoms with Crippen molar-refractivity contribution in [3.05, 3.63) is 33.8 Å². The molecule has 4 nitrogen and oxygen atoms in total. The average molecular weight is 247 g/mol. The molecule has 2 rings (SSSR count). The quantitative estimate of drug-likeness (QED) is 0.784. The second kappa shape index (κ2) is 4.51. The summed E-state index contributed by atoms with van der Waals surface area (Å²) >= 11 is 5.84. The van der Waals surface area contributed by atoms with Crippen molar-refractivity contribution in [2.75, 3.05) is 7.11 Å². The first-order valence-electron chi connectivity index (χ1n) is 3.94. The van der Waals surface area contributed by atoms with E-state index in [1.807, 2.05) is 0 Å². The number of hydrogen-bond acceptors (Lipinski definition) is 3. The van der Waals surface area contributed by atoms with Crippen LogP contribution in [0.1, 0.15) is 0 Å². The van der Waals surface area contributed by atoms with Crippen molar-refractivity contribution < 1.29 is 4.74 Å². The van der Waals surface area contributed by atoms with Crippen LogP contribution in [-0.2, 0) is 0 Å². The molecule has 0 bridgehead atoms. The third kappa shape index (κ3) is 2.22. The third-order valence-corrected chi connectivity index (χ3v) is 2.18. The van der Waals surface area contributed by atoms with Crippen LogP contribution < -0.4 is 10.4 Å². The van der Waals surface area contributed by atoms with E-state index in [4.69, 9.17) is 16.3 Å². The van der Waals surface area contributed by atoms with Gasteiger partial charge in [-0.3, -0.25) is 4.98 Å². The summed E-state index contributed by atoms with van der Waals surface area (Å²) in [6, 6.07) is 5.14. The van der Waals surface area contributed by atoms with E-state index in [9.17, 15) is 4.79 Å². The van der Waals surface area contributed by atoms with E-state index in [-0.39, 0.29) is 17.6 Å². The highest BCUT2D eigenvalue weighted by Gasteiger charge is 2.03. The van der Waals surface area contributed by atoms with Gasteiger partial charge >= 0.3 is 5.69 Å². The molecule has 1 aromatic carbocycles. The van der Waals surface area contributed by atoms with Crippen LogP contribution in [-0.4, -0.2) is 17.1 Å². The van der Waals surface area contributed by atoms with Crippen molar-refractivity contribution in [2.45, 2.75) is 0 Å². The number of rotatable bonds is 1. The van der Waals surface area contributed by atoms with Crippen molar-refractivity contribution in [1.29, 1.82) is 0 Å². The Labute approximate surface area is 96.6 Å². The number of hydrogen-bond donors (Lipinski definition) is 1. The molecule has 1 heterocycles. The number of halogens is 2. The van der Waals surface area contributed by atoms with Gasteiger partial charge in [0.2, 0.25) is 0 Å². The number of aromatic nitrogens is 2. The summed E-state index contributed by atoms with van der Waals surface area (Å²) < 4.78 is 5.03. The number of methoxy groups -OCH3 is 1. The summed E-state index contributed by atoms with van der Waals surface area (Å²) in [7, 11) is 1.56. The van der Waals surface area contributed by atoms with E-state index >= 15 is 0 Å². The fraction of sp³-hybridized carbons (Fsp3) is 0.111. The topological polar surface area (TPSA) is 55.0 Å². The molecular weight excluding hydrogens is 239 g/mol. The fourth-order valence-electron chi connectivity index (χ4n) is 1.21. The molecule has 0 saturated carbocycles. The molecule has 0 aliphatic heterocycles. The summed E-state index contributed by atoms with van der Waals surface area (Å²) in [5, 5.41) is 0.949. The lowest BCUT2D eigenvalue weighted by Crippen LogP contribution is -2.09. The molecule has 15 heavy (non-hydrogen) atoms. The van der Waals surface area contributed by atoms with Crippen molar-refractivity contribution in [2.24, 2.45) is 0 Å². The van der Waals surface area contributed by atoms with Gasteiger partial charge in [0.15, 0.2) is 0 Å². The first-order valence-corrected chi connectivity index (χ1v) is 4.32. The normalized spacial score (nSPS) is 9.73. The molecule has 6 heteroatoms. The zero-order chi connectivity index (χ0) is 10.1. The Balaban J connectivity index is 0.00000112. The Morgan fingerprint density at radius 3 is 2.87 bits per heavy atom. The Hall–Kier alpha value is -1.26. The van der Waals surface area contributed by atoms with Gasteiger partial charge in [0.05, 0.1) is 12.6 Å². The van der Waals surface area contributed by atoms with Gasteiger partial charge in [-0.2, -0.15) is 4.98 Å². The van der Waals surface area contributed by atoms with Crippen LogP contribution in [0.25, 0.3) is 10.9 Å². The standard InChI is InChI=1S/C9H7ClN2O2.ClH/c1-14-5-2-3-7-6(4-5)8(10)12-9(13)11-7;/h2-4H,1H3,(H,11,12,13);1H. The summed E-state index contributed by atoms with van der Waals surface area (Å²) in [4.78, 5) is 17.1. The Morgan fingerprint density at radius 2 is 2.20 bits per heavy atom. The molecule has 0 radical (unpaired) electrons. The molecule has 0 fully saturated rings. The number of aromatic amines is 1. The number of H-pyrrole nitrogens is 1. The third-order valence-electron chi connectivity index (χ3n) is 1.88. The van der Waals surface area contributed by atoms with Gasteiger partial charge < -0.3 is 4.74 Å². The first kappa shape index (κ1) is 11.8. The lowest BCUT2D eigenvalue weighted by atomic mass is 10.2. The molecule has 0 aliphatic rings. The maximum atomic E-state index is 11.0. The molecule has 80 valence electrons. The molecule has 1 aromatic heterocycles. The predicted octanol–water partition coefficient (Wildman–Crippen LogP) is 2.01. The van der Waals surface area contributed by atoms with Gasteiger partial charge in [-0.05, 0) is 18.2 Å². The predicted molar refractivity (Wildman–Crippen MR) is 61.2 cm³/mol. The van der Waals surface area contributed by atoms with Crippen LogP contribution in [0.2, 0.25) is 5.15 Å². The van der Waals surface area contributed by atoms with E-state index < -0.39 is 5.69 Å². The zero-order valence-corrected chi connectivity index (χ0v) is 9.35. The van der Waals surface area contributed by atoms with Crippen LogP contribution >= 0.6 is 24.0 Å². The molecule has 2 aromatic rings. The molecule has 1 N–H and O–H groups in total. The maximum absolute atomic E-state index is 11.0. The van der Waals surface area contributed by atoms with Gasteiger partial charge in [0.25, 0.3) is 0 Å². The van der Waals surface area contributed by atoms with Crippen molar-refractivity contribution in [1.82, 2.24) is 9.97 Å². The fourth-order valence-corrected chi connectivity index (χ4v) is 1.45. The van der Waals surface area contributed by atoms with Gasteiger partial charge in [-0.15, -0.1) is 12.4 Å². The first-order chi connectivity index (χ1) is 6.70. The van der Waals surface area contributed by atoms with Crippen molar-refractivity contribution in [3.63, 3.8) is 0 Å². The van der Waals surface area contributed by atoms with E-state index in [0.29, 0.717) is 16.7 Å². The van der Waals surface area contributed by atoms with E-state index in [1.54, 1.807) is 25.3 Å². The van der Waals surface area contributed by atoms with Crippen molar-refractivity contribution >= 4 is 34.9 Å². The number of nitrogens with one attached hydrogen (secondary N) is 1. The van der Waals surface area contributed by atoms with Crippen LogP contribution in [0.5, 0.6) is 5.75 Å². The minimum absolute atomic E-state index is 0. The van der Waals surface area contributed by atoms with Gasteiger partial charge in [0.1, 0.15) is 10.9 Å². The van der Waals surface area contributed by atoms with Crippen molar-refractivity contribution in [3.8, 4) is 5.75 Å². The smallest absolute Gasteiger partial charge is 0.346 e. The molecule has 0 saturated heterocycles.